The highest BCUT2D eigenvalue weighted by Crippen LogP contribution is 2.70. The molecule has 4 rings (SSSR count). The van der Waals surface area contributed by atoms with Crippen molar-refractivity contribution in [1.29, 1.82) is 0 Å². The molecule has 0 spiro atoms. The third-order valence-corrected chi connectivity index (χ3v) is 11.3. The first-order valence-corrected chi connectivity index (χ1v) is 11.9. The molecule has 4 aliphatic carbocycles. The van der Waals surface area contributed by atoms with Gasteiger partial charge >= 0.3 is 5.97 Å². The van der Waals surface area contributed by atoms with E-state index in [0.717, 1.165) is 44.9 Å². The second-order valence-corrected chi connectivity index (χ2v) is 12.1. The van der Waals surface area contributed by atoms with Gasteiger partial charge in [0.2, 0.25) is 0 Å². The first-order valence-electron chi connectivity index (χ1n) is 11.1. The van der Waals surface area contributed by atoms with Gasteiger partial charge in [-0.05, 0) is 80.5 Å². The molecule has 4 fully saturated rings. The molecule has 0 amide bonds. The predicted molar refractivity (Wildman–Crippen MR) is 111 cm³/mol. The second-order valence-electron chi connectivity index (χ2n) is 10.7. The van der Waals surface area contributed by atoms with Crippen LogP contribution < -0.4 is 0 Å². The Morgan fingerprint density at radius 3 is 2.39 bits per heavy atom. The summed E-state index contributed by atoms with van der Waals surface area (Å²) in [7, 11) is 0. The highest BCUT2D eigenvalue weighted by atomic mass is 79.9. The van der Waals surface area contributed by atoms with Gasteiger partial charge < -0.3 is 9.84 Å². The molecule has 0 radical (unpaired) electrons. The Balaban J connectivity index is 1.63. The predicted octanol–water partition coefficient (Wildman–Crippen LogP) is 4.65. The SMILES string of the molecule is CC(=O)OC1CCC2(C)C3CCC4(C)C(C(C)=O)CCC4C3CC(O)[C@@]2(Br)C1. The van der Waals surface area contributed by atoms with E-state index in [2.05, 4.69) is 29.8 Å². The van der Waals surface area contributed by atoms with Crippen LogP contribution in [0.25, 0.3) is 0 Å². The summed E-state index contributed by atoms with van der Waals surface area (Å²) in [5.74, 6) is 1.88. The zero-order chi connectivity index (χ0) is 20.5. The number of carbonyl (C=O) groups is 2. The van der Waals surface area contributed by atoms with E-state index in [1.54, 1.807) is 6.92 Å². The van der Waals surface area contributed by atoms with Gasteiger partial charge in [-0.3, -0.25) is 9.59 Å². The summed E-state index contributed by atoms with van der Waals surface area (Å²) in [6, 6.07) is 0. The number of Topliss-reactive ketones (excluding diaryl/α,β-unsaturated/α-hetero) is 1. The highest BCUT2D eigenvalue weighted by molar-refractivity contribution is 9.10. The lowest BCUT2D eigenvalue weighted by Gasteiger charge is -2.65. The van der Waals surface area contributed by atoms with Gasteiger partial charge in [0.25, 0.3) is 0 Å². The molecule has 0 saturated heterocycles. The molecule has 28 heavy (non-hydrogen) atoms. The van der Waals surface area contributed by atoms with Crippen molar-refractivity contribution in [1.82, 2.24) is 0 Å². The topological polar surface area (TPSA) is 63.6 Å². The van der Waals surface area contributed by atoms with E-state index in [9.17, 15) is 14.7 Å². The van der Waals surface area contributed by atoms with Crippen molar-refractivity contribution in [2.45, 2.75) is 95.6 Å². The number of aliphatic hydroxyl groups is 1. The summed E-state index contributed by atoms with van der Waals surface area (Å²) in [4.78, 5) is 23.8. The molecule has 0 aromatic heterocycles. The number of hydrogen-bond acceptors (Lipinski definition) is 4. The number of hydrogen-bond donors (Lipinski definition) is 1. The lowest BCUT2D eigenvalue weighted by Crippen LogP contribution is -2.66. The standard InChI is InChI=1S/C23H35BrO4/c1-13(25)17-5-6-18-16-11-20(27)23(24)12-15(28-14(2)26)7-10-22(23,4)19(16)8-9-21(17,18)3/h15-20,27H,5-12H2,1-4H3/t15?,16?,17?,18?,19?,20?,21?,22?,23-/m0/s1. The fourth-order valence-electron chi connectivity index (χ4n) is 8.20. The van der Waals surface area contributed by atoms with Crippen LogP contribution in [0.1, 0.15) is 79.1 Å². The van der Waals surface area contributed by atoms with Crippen LogP contribution in [-0.2, 0) is 14.3 Å². The molecule has 0 aliphatic heterocycles. The number of fused-ring (bicyclic) bond motifs is 5. The van der Waals surface area contributed by atoms with Crippen molar-refractivity contribution in [3.05, 3.63) is 0 Å². The van der Waals surface area contributed by atoms with Crippen molar-refractivity contribution >= 4 is 27.7 Å². The summed E-state index contributed by atoms with van der Waals surface area (Å²) >= 11 is 4.01. The lowest BCUT2D eigenvalue weighted by atomic mass is 9.44. The third-order valence-electron chi connectivity index (χ3n) is 9.56. The number of halogens is 1. The van der Waals surface area contributed by atoms with Gasteiger partial charge in [0.15, 0.2) is 0 Å². The monoisotopic (exact) mass is 454 g/mol. The van der Waals surface area contributed by atoms with Gasteiger partial charge in [0, 0.05) is 19.3 Å². The van der Waals surface area contributed by atoms with Crippen molar-refractivity contribution in [3.63, 3.8) is 0 Å². The zero-order valence-corrected chi connectivity index (χ0v) is 19.3. The van der Waals surface area contributed by atoms with Gasteiger partial charge in [0.1, 0.15) is 11.9 Å². The largest absolute Gasteiger partial charge is 0.463 e. The van der Waals surface area contributed by atoms with Crippen molar-refractivity contribution in [2.24, 2.45) is 34.5 Å². The number of esters is 1. The third kappa shape index (κ3) is 2.78. The van der Waals surface area contributed by atoms with Crippen molar-refractivity contribution < 1.29 is 19.4 Å². The molecule has 0 aromatic rings. The van der Waals surface area contributed by atoms with Gasteiger partial charge in [0.05, 0.1) is 10.4 Å². The molecule has 4 aliphatic rings. The normalized spacial score (nSPS) is 52.9. The molecule has 1 N–H and O–H groups in total. The molecular weight excluding hydrogens is 420 g/mol. The van der Waals surface area contributed by atoms with Crippen molar-refractivity contribution in [3.8, 4) is 0 Å². The van der Waals surface area contributed by atoms with Crippen LogP contribution in [0.5, 0.6) is 0 Å². The summed E-state index contributed by atoms with van der Waals surface area (Å²) < 4.78 is 5.15. The number of ketones is 1. The molecule has 9 atom stereocenters. The maximum atomic E-state index is 12.3. The Bertz CT molecular complexity index is 680. The molecular formula is C23H35BrO4. The summed E-state index contributed by atoms with van der Waals surface area (Å²) in [5.41, 5.74) is 0.0892. The van der Waals surface area contributed by atoms with E-state index in [1.165, 1.54) is 6.92 Å². The van der Waals surface area contributed by atoms with E-state index in [-0.39, 0.29) is 28.8 Å². The fraction of sp³-hybridized carbons (Fsp3) is 0.913. The number of carbonyl (C=O) groups excluding carboxylic acids is 2. The molecule has 158 valence electrons. The van der Waals surface area contributed by atoms with Crippen LogP contribution in [0, 0.1) is 34.5 Å². The van der Waals surface area contributed by atoms with Crippen LogP contribution in [0.2, 0.25) is 0 Å². The van der Waals surface area contributed by atoms with Gasteiger partial charge in [-0.2, -0.15) is 0 Å². The quantitative estimate of drug-likeness (QED) is 0.486. The van der Waals surface area contributed by atoms with Gasteiger partial charge in [-0.15, -0.1) is 0 Å². The van der Waals surface area contributed by atoms with Crippen molar-refractivity contribution in [2.75, 3.05) is 0 Å². The number of ether oxygens (including phenoxy) is 1. The second kappa shape index (κ2) is 6.80. The van der Waals surface area contributed by atoms with Gasteiger partial charge in [-0.25, -0.2) is 0 Å². The molecule has 8 unspecified atom stereocenters. The first kappa shape index (κ1) is 20.8. The maximum absolute atomic E-state index is 12.3. The average molecular weight is 455 g/mol. The van der Waals surface area contributed by atoms with Crippen LogP contribution >= 0.6 is 15.9 Å². The molecule has 4 nitrogen and oxygen atoms in total. The number of alkyl halides is 1. The van der Waals surface area contributed by atoms with E-state index in [4.69, 9.17) is 4.74 Å². The summed E-state index contributed by atoms with van der Waals surface area (Å²) in [6.07, 6.45) is 7.15. The van der Waals surface area contributed by atoms with Crippen LogP contribution in [0.3, 0.4) is 0 Å². The van der Waals surface area contributed by atoms with Crippen LogP contribution in [0.15, 0.2) is 0 Å². The lowest BCUT2D eigenvalue weighted by molar-refractivity contribution is -0.170. The summed E-state index contributed by atoms with van der Waals surface area (Å²) in [6.45, 7) is 7.93. The minimum absolute atomic E-state index is 0.0123. The minimum atomic E-state index is -0.448. The summed E-state index contributed by atoms with van der Waals surface area (Å²) in [5, 5.41) is 11.3. The van der Waals surface area contributed by atoms with Crippen LogP contribution in [0.4, 0.5) is 0 Å². The Morgan fingerprint density at radius 2 is 1.75 bits per heavy atom. The molecule has 0 heterocycles. The minimum Gasteiger partial charge on any atom is -0.463 e. The molecule has 5 heteroatoms. The van der Waals surface area contributed by atoms with E-state index < -0.39 is 10.4 Å². The number of rotatable bonds is 2. The number of aliphatic hydroxyl groups excluding tert-OH is 1. The Morgan fingerprint density at radius 1 is 1.04 bits per heavy atom. The van der Waals surface area contributed by atoms with E-state index in [0.29, 0.717) is 30.0 Å². The van der Waals surface area contributed by atoms with E-state index in [1.807, 2.05) is 0 Å². The smallest absolute Gasteiger partial charge is 0.302 e. The molecule has 0 bridgehead atoms. The molecule has 4 saturated carbocycles. The Kier molecular flexibility index (Phi) is 5.06. The van der Waals surface area contributed by atoms with E-state index >= 15 is 0 Å². The zero-order valence-electron chi connectivity index (χ0n) is 17.7. The maximum Gasteiger partial charge on any atom is 0.302 e. The average Bonchev–Trinajstić information content (AvgIpc) is 2.95. The first-order chi connectivity index (χ1) is 13.0. The van der Waals surface area contributed by atoms with Crippen LogP contribution in [-0.4, -0.2) is 33.4 Å². The molecule has 0 aromatic carbocycles. The Labute approximate surface area is 177 Å². The Hall–Kier alpha value is -0.420. The van der Waals surface area contributed by atoms with Gasteiger partial charge in [-0.1, -0.05) is 29.8 Å². The fourth-order valence-corrected chi connectivity index (χ4v) is 9.24. The highest BCUT2D eigenvalue weighted by Gasteiger charge is 2.67.